The summed E-state index contributed by atoms with van der Waals surface area (Å²) in [6.07, 6.45) is 1.39. The Kier molecular flexibility index (Phi) is 4.24. The van der Waals surface area contributed by atoms with Crippen LogP contribution in [-0.4, -0.2) is 47.1 Å². The molecule has 2 aromatic heterocycles. The SMILES string of the molecule is Cc1ccc2oc(N3CCN(C(=O)NCc4ncoc4C)CC3)nc2c1. The Morgan fingerprint density at radius 1 is 1.23 bits per heavy atom. The number of aryl methyl sites for hydroxylation is 2. The number of nitrogens with one attached hydrogen (secondary N) is 1. The molecular formula is C18H21N5O3. The van der Waals surface area contributed by atoms with Gasteiger partial charge in [-0.1, -0.05) is 6.07 Å². The fourth-order valence-corrected chi connectivity index (χ4v) is 3.03. The number of carbonyl (C=O) groups is 1. The summed E-state index contributed by atoms with van der Waals surface area (Å²) in [6, 6.07) is 6.48. The van der Waals surface area contributed by atoms with E-state index < -0.39 is 0 Å². The second kappa shape index (κ2) is 6.70. The summed E-state index contributed by atoms with van der Waals surface area (Å²) in [5.74, 6) is 0.723. The van der Waals surface area contributed by atoms with E-state index in [1.165, 1.54) is 6.39 Å². The van der Waals surface area contributed by atoms with E-state index in [0.717, 1.165) is 28.1 Å². The highest BCUT2D eigenvalue weighted by atomic mass is 16.4. The zero-order valence-corrected chi connectivity index (χ0v) is 14.9. The van der Waals surface area contributed by atoms with Crippen LogP contribution in [0.2, 0.25) is 0 Å². The molecule has 1 fully saturated rings. The Bertz CT molecular complexity index is 924. The topological polar surface area (TPSA) is 87.6 Å². The molecule has 0 radical (unpaired) electrons. The summed E-state index contributed by atoms with van der Waals surface area (Å²) in [6.45, 7) is 6.82. The zero-order valence-electron chi connectivity index (χ0n) is 14.9. The van der Waals surface area contributed by atoms with Crippen LogP contribution in [-0.2, 0) is 6.54 Å². The lowest BCUT2D eigenvalue weighted by Gasteiger charge is -2.33. The van der Waals surface area contributed by atoms with Gasteiger partial charge in [0.15, 0.2) is 12.0 Å². The fourth-order valence-electron chi connectivity index (χ4n) is 3.03. The molecule has 0 atom stereocenters. The van der Waals surface area contributed by atoms with Crippen molar-refractivity contribution in [2.75, 3.05) is 31.1 Å². The first-order valence-electron chi connectivity index (χ1n) is 8.64. The number of hydrogen-bond acceptors (Lipinski definition) is 6. The Labute approximate surface area is 150 Å². The van der Waals surface area contributed by atoms with Crippen LogP contribution < -0.4 is 10.2 Å². The molecule has 1 aliphatic rings. The number of amides is 2. The fraction of sp³-hybridized carbons (Fsp3) is 0.389. The molecule has 1 aromatic carbocycles. The standard InChI is InChI=1S/C18H21N5O3/c1-12-3-4-16-14(9-12)21-18(26-16)23-7-5-22(6-8-23)17(24)19-10-15-13(2)25-11-20-15/h3-4,9,11H,5-8,10H2,1-2H3,(H,19,24). The van der Waals surface area contributed by atoms with Gasteiger partial charge in [-0.05, 0) is 31.5 Å². The van der Waals surface area contributed by atoms with Gasteiger partial charge in [-0.25, -0.2) is 9.78 Å². The van der Waals surface area contributed by atoms with Gasteiger partial charge in [0.25, 0.3) is 6.01 Å². The van der Waals surface area contributed by atoms with Crippen molar-refractivity contribution in [1.82, 2.24) is 20.2 Å². The highest BCUT2D eigenvalue weighted by Gasteiger charge is 2.24. The molecule has 136 valence electrons. The van der Waals surface area contributed by atoms with E-state index in [1.54, 1.807) is 4.90 Å². The number of piperazine rings is 1. The van der Waals surface area contributed by atoms with E-state index in [-0.39, 0.29) is 6.03 Å². The molecule has 8 heteroatoms. The molecular weight excluding hydrogens is 334 g/mol. The molecule has 3 heterocycles. The van der Waals surface area contributed by atoms with Crippen molar-refractivity contribution in [1.29, 1.82) is 0 Å². The van der Waals surface area contributed by atoms with Crippen molar-refractivity contribution in [2.45, 2.75) is 20.4 Å². The lowest BCUT2D eigenvalue weighted by atomic mass is 10.2. The maximum atomic E-state index is 12.3. The number of urea groups is 1. The molecule has 2 amide bonds. The minimum Gasteiger partial charge on any atom is -0.448 e. The number of nitrogens with zero attached hydrogens (tertiary/aromatic N) is 4. The number of oxazole rings is 2. The number of rotatable bonds is 3. The van der Waals surface area contributed by atoms with Crippen LogP contribution in [0.25, 0.3) is 11.1 Å². The quantitative estimate of drug-likeness (QED) is 0.776. The number of hydrogen-bond donors (Lipinski definition) is 1. The lowest BCUT2D eigenvalue weighted by molar-refractivity contribution is 0.193. The zero-order chi connectivity index (χ0) is 18.1. The number of benzene rings is 1. The van der Waals surface area contributed by atoms with Gasteiger partial charge in [0.1, 0.15) is 17.0 Å². The van der Waals surface area contributed by atoms with Crippen molar-refractivity contribution in [3.63, 3.8) is 0 Å². The molecule has 26 heavy (non-hydrogen) atoms. The second-order valence-electron chi connectivity index (χ2n) is 6.46. The third-order valence-electron chi connectivity index (χ3n) is 4.62. The molecule has 0 spiro atoms. The molecule has 1 N–H and O–H groups in total. The maximum absolute atomic E-state index is 12.3. The lowest BCUT2D eigenvalue weighted by Crippen LogP contribution is -2.51. The monoisotopic (exact) mass is 355 g/mol. The minimum absolute atomic E-state index is 0.0970. The van der Waals surface area contributed by atoms with Crippen LogP contribution in [0.1, 0.15) is 17.0 Å². The van der Waals surface area contributed by atoms with Gasteiger partial charge in [-0.2, -0.15) is 4.98 Å². The molecule has 8 nitrogen and oxygen atoms in total. The summed E-state index contributed by atoms with van der Waals surface area (Å²) < 4.78 is 11.0. The van der Waals surface area contributed by atoms with Crippen molar-refractivity contribution >= 4 is 23.1 Å². The molecule has 1 aliphatic heterocycles. The van der Waals surface area contributed by atoms with Crippen LogP contribution in [0.15, 0.2) is 33.4 Å². The van der Waals surface area contributed by atoms with Crippen LogP contribution in [0, 0.1) is 13.8 Å². The molecule has 1 saturated heterocycles. The van der Waals surface area contributed by atoms with Gasteiger partial charge < -0.3 is 24.0 Å². The van der Waals surface area contributed by atoms with E-state index in [1.807, 2.05) is 32.0 Å². The van der Waals surface area contributed by atoms with E-state index >= 15 is 0 Å². The number of anilines is 1. The minimum atomic E-state index is -0.0970. The van der Waals surface area contributed by atoms with Crippen molar-refractivity contribution in [3.05, 3.63) is 41.6 Å². The average Bonchev–Trinajstić information content (AvgIpc) is 3.25. The van der Waals surface area contributed by atoms with Gasteiger partial charge in [0.05, 0.1) is 6.54 Å². The van der Waals surface area contributed by atoms with E-state index in [9.17, 15) is 4.79 Å². The van der Waals surface area contributed by atoms with E-state index in [4.69, 9.17) is 8.83 Å². The van der Waals surface area contributed by atoms with Crippen LogP contribution in [0.4, 0.5) is 10.8 Å². The third kappa shape index (κ3) is 3.22. The Morgan fingerprint density at radius 3 is 2.77 bits per heavy atom. The van der Waals surface area contributed by atoms with Crippen molar-refractivity contribution in [2.24, 2.45) is 0 Å². The normalized spacial score (nSPS) is 14.8. The summed E-state index contributed by atoms with van der Waals surface area (Å²) in [7, 11) is 0. The Morgan fingerprint density at radius 2 is 2.04 bits per heavy atom. The van der Waals surface area contributed by atoms with Gasteiger partial charge in [-0.3, -0.25) is 0 Å². The maximum Gasteiger partial charge on any atom is 0.317 e. The number of carbonyl (C=O) groups excluding carboxylic acids is 1. The average molecular weight is 355 g/mol. The Hall–Kier alpha value is -3.03. The highest BCUT2D eigenvalue weighted by Crippen LogP contribution is 2.23. The first-order chi connectivity index (χ1) is 12.6. The van der Waals surface area contributed by atoms with Crippen molar-refractivity contribution < 1.29 is 13.6 Å². The molecule has 3 aromatic rings. The van der Waals surface area contributed by atoms with E-state index in [2.05, 4.69) is 20.2 Å². The molecule has 0 aliphatic carbocycles. The molecule has 0 bridgehead atoms. The smallest absolute Gasteiger partial charge is 0.317 e. The molecule has 4 rings (SSSR count). The highest BCUT2D eigenvalue weighted by molar-refractivity contribution is 5.76. The number of fused-ring (bicyclic) bond motifs is 1. The van der Waals surface area contributed by atoms with Gasteiger partial charge >= 0.3 is 6.03 Å². The third-order valence-corrected chi connectivity index (χ3v) is 4.62. The number of aromatic nitrogens is 2. The predicted octanol–water partition coefficient (Wildman–Crippen LogP) is 2.46. The summed E-state index contributed by atoms with van der Waals surface area (Å²) in [4.78, 5) is 24.8. The van der Waals surface area contributed by atoms with E-state index in [0.29, 0.717) is 38.7 Å². The molecule has 0 unspecified atom stereocenters. The molecule has 0 saturated carbocycles. The first kappa shape index (κ1) is 16.4. The van der Waals surface area contributed by atoms with Gasteiger partial charge in [0, 0.05) is 26.2 Å². The first-order valence-corrected chi connectivity index (χ1v) is 8.64. The largest absolute Gasteiger partial charge is 0.448 e. The Balaban J connectivity index is 1.34. The van der Waals surface area contributed by atoms with Crippen molar-refractivity contribution in [3.8, 4) is 0 Å². The van der Waals surface area contributed by atoms with Crippen LogP contribution in [0.5, 0.6) is 0 Å². The van der Waals surface area contributed by atoms with Gasteiger partial charge in [0.2, 0.25) is 0 Å². The van der Waals surface area contributed by atoms with Gasteiger partial charge in [-0.15, -0.1) is 0 Å². The second-order valence-corrected chi connectivity index (χ2v) is 6.46. The predicted molar refractivity (Wildman–Crippen MR) is 96.0 cm³/mol. The summed E-state index contributed by atoms with van der Waals surface area (Å²) >= 11 is 0. The van der Waals surface area contributed by atoms with Crippen LogP contribution >= 0.6 is 0 Å². The van der Waals surface area contributed by atoms with Crippen LogP contribution in [0.3, 0.4) is 0 Å². The summed E-state index contributed by atoms with van der Waals surface area (Å²) in [5.41, 5.74) is 3.55. The summed E-state index contributed by atoms with van der Waals surface area (Å²) in [5, 5.41) is 2.88.